The Bertz CT molecular complexity index is 685. The molecule has 1 heterocycles. The van der Waals surface area contributed by atoms with Crippen molar-refractivity contribution >= 4 is 28.7 Å². The van der Waals surface area contributed by atoms with E-state index in [-0.39, 0.29) is 5.75 Å². The van der Waals surface area contributed by atoms with E-state index in [4.69, 9.17) is 0 Å². The topological polar surface area (TPSA) is 46.9 Å². The number of thioether (sulfide) groups is 1. The van der Waals surface area contributed by atoms with Crippen molar-refractivity contribution in [3.63, 3.8) is 0 Å². The molecule has 1 aromatic heterocycles. The molecular formula is C16H20F3N3OS. The Balaban J connectivity index is 2.04. The Labute approximate surface area is 142 Å². The Kier molecular flexibility index (Phi) is 6.53. The van der Waals surface area contributed by atoms with Crippen LogP contribution in [-0.4, -0.2) is 33.9 Å². The lowest BCUT2D eigenvalue weighted by Gasteiger charge is -2.10. The number of nitrogens with one attached hydrogen (secondary N) is 1. The number of benzene rings is 1. The second-order valence-corrected chi connectivity index (χ2v) is 6.36. The van der Waals surface area contributed by atoms with E-state index in [1.165, 1.54) is 0 Å². The molecule has 132 valence electrons. The predicted octanol–water partition coefficient (Wildman–Crippen LogP) is 4.00. The fourth-order valence-corrected chi connectivity index (χ4v) is 3.15. The maximum Gasteiger partial charge on any atom is 0.405 e. The number of imidazole rings is 1. The van der Waals surface area contributed by atoms with Gasteiger partial charge in [0.1, 0.15) is 6.54 Å². The van der Waals surface area contributed by atoms with Gasteiger partial charge in [0.05, 0.1) is 16.8 Å². The minimum absolute atomic E-state index is 0.0901. The molecule has 0 saturated carbocycles. The highest BCUT2D eigenvalue weighted by Gasteiger charge is 2.27. The van der Waals surface area contributed by atoms with Crippen LogP contribution in [0.2, 0.25) is 0 Å². The Hall–Kier alpha value is -1.70. The summed E-state index contributed by atoms with van der Waals surface area (Å²) < 4.78 is 38.4. The molecule has 0 spiro atoms. The molecular weight excluding hydrogens is 339 g/mol. The number of alkyl halides is 3. The zero-order valence-corrected chi connectivity index (χ0v) is 14.2. The van der Waals surface area contributed by atoms with Crippen LogP contribution in [-0.2, 0) is 11.3 Å². The number of carbonyl (C=O) groups excluding carboxylic acids is 1. The van der Waals surface area contributed by atoms with Crippen molar-refractivity contribution in [2.45, 2.75) is 44.1 Å². The largest absolute Gasteiger partial charge is 0.405 e. The van der Waals surface area contributed by atoms with Gasteiger partial charge in [-0.05, 0) is 18.6 Å². The number of halogens is 3. The van der Waals surface area contributed by atoms with Crippen LogP contribution in [0.5, 0.6) is 0 Å². The van der Waals surface area contributed by atoms with Gasteiger partial charge in [-0.2, -0.15) is 13.2 Å². The lowest BCUT2D eigenvalue weighted by Crippen LogP contribution is -2.34. The summed E-state index contributed by atoms with van der Waals surface area (Å²) in [5.74, 6) is -0.739. The molecule has 0 bridgehead atoms. The molecule has 24 heavy (non-hydrogen) atoms. The summed E-state index contributed by atoms with van der Waals surface area (Å²) in [6.07, 6.45) is -1.23. The van der Waals surface area contributed by atoms with Crippen LogP contribution in [0.4, 0.5) is 13.2 Å². The number of para-hydroxylation sites is 2. The van der Waals surface area contributed by atoms with Gasteiger partial charge in [-0.25, -0.2) is 4.98 Å². The molecule has 0 radical (unpaired) electrons. The molecule has 0 fully saturated rings. The molecule has 0 atom stereocenters. The van der Waals surface area contributed by atoms with Gasteiger partial charge in [0.15, 0.2) is 5.16 Å². The number of hydrogen-bond acceptors (Lipinski definition) is 3. The SMILES string of the molecule is CCCCCn1c(SCC(=O)NCC(F)(F)F)nc2ccccc21. The van der Waals surface area contributed by atoms with Gasteiger partial charge >= 0.3 is 6.18 Å². The van der Waals surface area contributed by atoms with Crippen LogP contribution in [0.25, 0.3) is 11.0 Å². The molecule has 1 aromatic carbocycles. The average molecular weight is 359 g/mol. The molecule has 4 nitrogen and oxygen atoms in total. The molecule has 0 aliphatic rings. The zero-order chi connectivity index (χ0) is 17.6. The van der Waals surface area contributed by atoms with Gasteiger partial charge in [-0.15, -0.1) is 0 Å². The van der Waals surface area contributed by atoms with Crippen LogP contribution in [0, 0.1) is 0 Å². The second kappa shape index (κ2) is 8.41. The average Bonchev–Trinajstić information content (AvgIpc) is 2.88. The van der Waals surface area contributed by atoms with Crippen LogP contribution < -0.4 is 5.32 Å². The highest BCUT2D eigenvalue weighted by molar-refractivity contribution is 7.99. The van der Waals surface area contributed by atoms with Crippen molar-refractivity contribution in [2.75, 3.05) is 12.3 Å². The first-order valence-electron chi connectivity index (χ1n) is 7.82. The third-order valence-corrected chi connectivity index (χ3v) is 4.40. The smallest absolute Gasteiger partial charge is 0.346 e. The Morgan fingerprint density at radius 3 is 2.75 bits per heavy atom. The summed E-state index contributed by atoms with van der Waals surface area (Å²) >= 11 is 1.16. The monoisotopic (exact) mass is 359 g/mol. The van der Waals surface area contributed by atoms with E-state index in [9.17, 15) is 18.0 Å². The number of rotatable bonds is 8. The molecule has 0 saturated heterocycles. The first-order chi connectivity index (χ1) is 11.4. The number of carbonyl (C=O) groups is 1. The standard InChI is InChI=1S/C16H20F3N3OS/c1-2-3-6-9-22-13-8-5-4-7-12(13)21-15(22)24-10-14(23)20-11-16(17,18)19/h4-5,7-8H,2-3,6,9-11H2,1H3,(H,20,23). The van der Waals surface area contributed by atoms with Gasteiger partial charge in [-0.1, -0.05) is 43.7 Å². The maximum atomic E-state index is 12.1. The van der Waals surface area contributed by atoms with Crippen molar-refractivity contribution < 1.29 is 18.0 Å². The highest BCUT2D eigenvalue weighted by atomic mass is 32.2. The molecule has 0 aliphatic carbocycles. The number of aryl methyl sites for hydroxylation is 1. The van der Waals surface area contributed by atoms with Gasteiger partial charge in [0, 0.05) is 6.54 Å². The zero-order valence-electron chi connectivity index (χ0n) is 13.4. The Morgan fingerprint density at radius 2 is 2.04 bits per heavy atom. The summed E-state index contributed by atoms with van der Waals surface area (Å²) in [5, 5.41) is 2.54. The quantitative estimate of drug-likeness (QED) is 0.572. The number of amides is 1. The first-order valence-corrected chi connectivity index (χ1v) is 8.81. The van der Waals surface area contributed by atoms with Crippen LogP contribution in [0.1, 0.15) is 26.2 Å². The summed E-state index contributed by atoms with van der Waals surface area (Å²) in [7, 11) is 0. The van der Waals surface area contributed by atoms with Crippen molar-refractivity contribution in [3.8, 4) is 0 Å². The molecule has 2 rings (SSSR count). The normalized spacial score (nSPS) is 11.8. The number of nitrogens with zero attached hydrogens (tertiary/aromatic N) is 2. The van der Waals surface area contributed by atoms with E-state index in [1.54, 1.807) is 0 Å². The molecule has 0 aliphatic heterocycles. The number of unbranched alkanes of at least 4 members (excludes halogenated alkanes) is 2. The van der Waals surface area contributed by atoms with Gasteiger partial charge in [0.2, 0.25) is 5.91 Å². The minimum Gasteiger partial charge on any atom is -0.346 e. The van der Waals surface area contributed by atoms with Gasteiger partial charge in [0.25, 0.3) is 0 Å². The fourth-order valence-electron chi connectivity index (χ4n) is 2.28. The highest BCUT2D eigenvalue weighted by Crippen LogP contribution is 2.24. The Morgan fingerprint density at radius 1 is 1.29 bits per heavy atom. The van der Waals surface area contributed by atoms with Crippen LogP contribution in [0.3, 0.4) is 0 Å². The van der Waals surface area contributed by atoms with E-state index < -0.39 is 18.6 Å². The number of hydrogen-bond donors (Lipinski definition) is 1. The predicted molar refractivity (Wildman–Crippen MR) is 89.0 cm³/mol. The number of fused-ring (bicyclic) bond motifs is 1. The van der Waals surface area contributed by atoms with Gasteiger partial charge in [-0.3, -0.25) is 4.79 Å². The van der Waals surface area contributed by atoms with Crippen molar-refractivity contribution in [3.05, 3.63) is 24.3 Å². The van der Waals surface area contributed by atoms with Crippen LogP contribution >= 0.6 is 11.8 Å². The minimum atomic E-state index is -4.40. The maximum absolute atomic E-state index is 12.1. The second-order valence-electron chi connectivity index (χ2n) is 5.42. The van der Waals surface area contributed by atoms with Crippen molar-refractivity contribution in [1.82, 2.24) is 14.9 Å². The molecule has 8 heteroatoms. The third kappa shape index (κ3) is 5.43. The molecule has 1 N–H and O–H groups in total. The molecule has 0 unspecified atom stereocenters. The van der Waals surface area contributed by atoms with Crippen molar-refractivity contribution in [2.24, 2.45) is 0 Å². The van der Waals surface area contributed by atoms with E-state index in [1.807, 2.05) is 34.1 Å². The summed E-state index contributed by atoms with van der Waals surface area (Å²) in [6.45, 7) is 1.59. The van der Waals surface area contributed by atoms with E-state index in [2.05, 4.69) is 11.9 Å². The summed E-state index contributed by atoms with van der Waals surface area (Å²) in [5.41, 5.74) is 1.80. The van der Waals surface area contributed by atoms with E-state index in [0.29, 0.717) is 5.16 Å². The fraction of sp³-hybridized carbons (Fsp3) is 0.500. The van der Waals surface area contributed by atoms with Crippen molar-refractivity contribution in [1.29, 1.82) is 0 Å². The van der Waals surface area contributed by atoms with E-state index >= 15 is 0 Å². The summed E-state index contributed by atoms with van der Waals surface area (Å²) in [4.78, 5) is 16.1. The lowest BCUT2D eigenvalue weighted by molar-refractivity contribution is -0.136. The summed E-state index contributed by atoms with van der Waals surface area (Å²) in [6, 6.07) is 7.66. The lowest BCUT2D eigenvalue weighted by atomic mass is 10.2. The first kappa shape index (κ1) is 18.6. The molecule has 1 amide bonds. The van der Waals surface area contributed by atoms with Gasteiger partial charge < -0.3 is 9.88 Å². The van der Waals surface area contributed by atoms with E-state index in [0.717, 1.165) is 48.6 Å². The van der Waals surface area contributed by atoms with Crippen LogP contribution in [0.15, 0.2) is 29.4 Å². The number of aromatic nitrogens is 2. The third-order valence-electron chi connectivity index (χ3n) is 3.42. The molecule has 2 aromatic rings.